The maximum atomic E-state index is 13.8. The zero-order valence-electron chi connectivity index (χ0n) is 41.7. The minimum absolute atomic E-state index is 0.0218. The molecule has 8 rings (SSSR count). The smallest absolute Gasteiger partial charge is 0.494 e. The van der Waals surface area contributed by atoms with Gasteiger partial charge < -0.3 is 59.6 Å². The number of aliphatic hydroxyl groups is 3. The van der Waals surface area contributed by atoms with Crippen LogP contribution in [0, 0.1) is 0 Å². The molecule has 0 bridgehead atoms. The van der Waals surface area contributed by atoms with Crippen molar-refractivity contribution in [2.24, 2.45) is 0 Å². The fraction of sp³-hybridized carbons (Fsp3) is 0.380. The lowest BCUT2D eigenvalue weighted by Gasteiger charge is -2.31. The molecule has 0 spiro atoms. The summed E-state index contributed by atoms with van der Waals surface area (Å²) in [5.41, 5.74) is 0.826. The summed E-state index contributed by atoms with van der Waals surface area (Å²) in [6.07, 6.45) is -6.58. The van der Waals surface area contributed by atoms with Gasteiger partial charge in [0.15, 0.2) is 30.2 Å². The van der Waals surface area contributed by atoms with Crippen molar-refractivity contribution in [1.29, 1.82) is 0 Å². The number of Topliss-reactive ketones (excluding diaryl/α,β-unsaturated/α-hetero) is 1. The number of carbonyl (C=O) groups excluding carboxylic acids is 6. The molecular weight excluding hydrogens is 1040 g/mol. The highest BCUT2D eigenvalue weighted by Crippen LogP contribution is 2.41. The zero-order valence-corrected chi connectivity index (χ0v) is 42.6. The van der Waals surface area contributed by atoms with E-state index >= 15 is 0 Å². The number of benzene rings is 2. The van der Waals surface area contributed by atoms with Crippen molar-refractivity contribution in [3.63, 3.8) is 0 Å². The molecule has 77 heavy (non-hydrogen) atoms. The number of sulfone groups is 1. The van der Waals surface area contributed by atoms with Crippen LogP contribution in [-0.4, -0.2) is 162 Å². The van der Waals surface area contributed by atoms with Gasteiger partial charge in [0, 0.05) is 67.5 Å². The molecule has 0 aliphatic carbocycles. The summed E-state index contributed by atoms with van der Waals surface area (Å²) >= 11 is 0. The molecule has 408 valence electrons. The number of pyridine rings is 2. The van der Waals surface area contributed by atoms with E-state index < -0.39 is 107 Å². The number of aliphatic hydroxyl groups excluding tert-OH is 2. The highest BCUT2D eigenvalue weighted by Gasteiger charge is 2.52. The molecular formula is C50H53N6O20S+. The first-order chi connectivity index (χ1) is 36.4. The summed E-state index contributed by atoms with van der Waals surface area (Å²) in [6, 6.07) is 12.7. The van der Waals surface area contributed by atoms with Gasteiger partial charge in [-0.25, -0.2) is 27.8 Å². The Balaban J connectivity index is 1.01. The molecule has 27 heteroatoms. The third-order valence-corrected chi connectivity index (χ3v) is 14.2. The van der Waals surface area contributed by atoms with Crippen LogP contribution in [0.1, 0.15) is 54.5 Å². The summed E-state index contributed by atoms with van der Waals surface area (Å²) in [5, 5.41) is 64.5. The summed E-state index contributed by atoms with van der Waals surface area (Å²) < 4.78 is 54.8. The number of carbonyl (C=O) groups is 6. The number of esters is 2. The molecule has 26 nitrogen and oxygen atoms in total. The van der Waals surface area contributed by atoms with Crippen LogP contribution in [0.5, 0.6) is 23.3 Å². The van der Waals surface area contributed by atoms with Crippen molar-refractivity contribution in [2.45, 2.75) is 83.3 Å². The highest BCUT2D eigenvalue weighted by molar-refractivity contribution is 7.90. The third kappa shape index (κ3) is 11.1. The Morgan fingerprint density at radius 1 is 1.00 bits per heavy atom. The Bertz CT molecular complexity index is 3440. The van der Waals surface area contributed by atoms with E-state index in [1.54, 1.807) is 31.2 Å². The van der Waals surface area contributed by atoms with Crippen LogP contribution < -0.4 is 20.3 Å². The van der Waals surface area contributed by atoms with E-state index in [4.69, 9.17) is 28.4 Å². The van der Waals surface area contributed by atoms with Gasteiger partial charge >= 0.3 is 30.1 Å². The molecule has 0 radical (unpaired) electrons. The van der Waals surface area contributed by atoms with E-state index in [-0.39, 0.29) is 84.7 Å². The van der Waals surface area contributed by atoms with Crippen LogP contribution in [0.3, 0.4) is 0 Å². The molecule has 3 aromatic heterocycles. The number of aliphatic carboxylic acids is 1. The van der Waals surface area contributed by atoms with Gasteiger partial charge in [0.1, 0.15) is 34.5 Å². The second-order valence-electron chi connectivity index (χ2n) is 18.4. The van der Waals surface area contributed by atoms with Crippen LogP contribution in [0.2, 0.25) is 0 Å². The average molecular weight is 1090 g/mol. The predicted molar refractivity (Wildman–Crippen MR) is 265 cm³/mol. The monoisotopic (exact) mass is 1090 g/mol. The standard InChI is InChI=1S/C50H52N6O20S/c1-5-27-28-18-26(8-9-32(28)52-40-29(27)20-56-34(40)19-31-30(45(56)64)23-72-48(67)50(31,69)6-2)74-24-54(15-16-77(4,70)71)49(68)73-22-25-7-10-35(75-47-43(63)41(61)42(62)44(76-47)46(65)66)33(17-25)51-36(57)21-53(3)37(58)13-14-55-38(59)11-12-39(55)60/h7-12,17-19,42-44,62-63,69H,5-6,13-16,20-24H2,1-4H3,(H3-,51,52,57,59,60,64,65,66)/p+1/t42-,43+,44-,50-/m0/s1. The SMILES string of the molecule is CCc1c2c(nc3ccc(OCN(CCS(C)(=O)=O)C(=O)OCc4ccc(OC5=[O+][C@H](C(=O)O)[C@@H](O)C(=O)[C@H]5O)c(NC(=O)CN(C)C(=O)CCn5c(O)ccc5O)c4)cc13)-c1cc3c(c(=O)n1C2)COC(=O)[C@]3(O)CC. The molecule has 0 fully saturated rings. The summed E-state index contributed by atoms with van der Waals surface area (Å²) in [5.74, 6) is -7.58. The highest BCUT2D eigenvalue weighted by atomic mass is 32.2. The van der Waals surface area contributed by atoms with Crippen molar-refractivity contribution in [3.05, 3.63) is 92.8 Å². The number of ether oxygens (including phenoxy) is 4. The maximum Gasteiger partial charge on any atom is 0.530 e. The number of anilines is 1. The minimum atomic E-state index is -3.65. The Morgan fingerprint density at radius 2 is 1.73 bits per heavy atom. The molecule has 0 saturated heterocycles. The van der Waals surface area contributed by atoms with E-state index in [0.29, 0.717) is 28.7 Å². The number of rotatable bonds is 18. The van der Waals surface area contributed by atoms with Crippen LogP contribution >= 0.6 is 0 Å². The molecule has 3 aliphatic heterocycles. The molecule has 0 saturated carbocycles. The molecule has 3 aliphatic rings. The second kappa shape index (κ2) is 21.7. The van der Waals surface area contributed by atoms with Crippen LogP contribution in [-0.2, 0) is 86.0 Å². The number of carboxylic acids is 1. The molecule has 4 atom stereocenters. The number of aromatic hydroxyl groups is 2. The first-order valence-corrected chi connectivity index (χ1v) is 25.9. The van der Waals surface area contributed by atoms with Gasteiger partial charge in [-0.15, -0.1) is 0 Å². The van der Waals surface area contributed by atoms with Crippen LogP contribution in [0.25, 0.3) is 22.3 Å². The largest absolute Gasteiger partial charge is 0.530 e. The van der Waals surface area contributed by atoms with Crippen LogP contribution in [0.15, 0.2) is 59.4 Å². The normalized spacial score (nSPS) is 18.6. The topological polar surface area (TPSA) is 364 Å². The number of nitrogens with zero attached hydrogens (tertiary/aromatic N) is 5. The number of carboxylic acid groups (broad SMARTS) is 1. The number of ketones is 1. The lowest BCUT2D eigenvalue weighted by molar-refractivity contribution is -0.513. The van der Waals surface area contributed by atoms with Gasteiger partial charge in [0.2, 0.25) is 17.6 Å². The van der Waals surface area contributed by atoms with E-state index in [9.17, 15) is 72.6 Å². The first kappa shape index (κ1) is 54.8. The van der Waals surface area contributed by atoms with Crippen molar-refractivity contribution < 1.29 is 91.2 Å². The van der Waals surface area contributed by atoms with Crippen LogP contribution in [0.4, 0.5) is 10.5 Å². The zero-order chi connectivity index (χ0) is 55.8. The second-order valence-corrected chi connectivity index (χ2v) is 20.7. The fourth-order valence-corrected chi connectivity index (χ4v) is 9.54. The van der Waals surface area contributed by atoms with E-state index in [0.717, 1.165) is 31.7 Å². The first-order valence-electron chi connectivity index (χ1n) is 23.9. The van der Waals surface area contributed by atoms with Gasteiger partial charge in [-0.05, 0) is 60.4 Å². The number of aromatic nitrogens is 3. The Labute approximate surface area is 436 Å². The van der Waals surface area contributed by atoms with Crippen molar-refractivity contribution >= 4 is 68.0 Å². The Kier molecular flexibility index (Phi) is 15.4. The molecule has 0 unspecified atom stereocenters. The Hall–Kier alpha value is -8.40. The summed E-state index contributed by atoms with van der Waals surface area (Å²) in [6.45, 7) is 1.21. The number of likely N-dealkylation sites (N-methyl/N-ethyl adjacent to an activating group) is 1. The van der Waals surface area contributed by atoms with Gasteiger partial charge in [0.05, 0.1) is 41.3 Å². The maximum absolute atomic E-state index is 13.8. The number of cyclic esters (lactones) is 1. The summed E-state index contributed by atoms with van der Waals surface area (Å²) in [7, 11) is -2.35. The minimum Gasteiger partial charge on any atom is -0.494 e. The Morgan fingerprint density at radius 3 is 2.40 bits per heavy atom. The quantitative estimate of drug-likeness (QED) is 0.0203. The fourth-order valence-electron chi connectivity index (χ4n) is 8.98. The molecule has 5 aromatic rings. The average Bonchev–Trinajstić information content (AvgIpc) is 4.11. The lowest BCUT2D eigenvalue weighted by Crippen LogP contribution is -2.54. The van der Waals surface area contributed by atoms with Crippen molar-refractivity contribution in [2.75, 3.05) is 44.2 Å². The number of nitrogens with one attached hydrogen (secondary N) is 1. The number of amides is 3. The van der Waals surface area contributed by atoms with Gasteiger partial charge in [-0.2, -0.15) is 0 Å². The van der Waals surface area contributed by atoms with E-state index in [2.05, 4.69) is 5.32 Å². The number of fused-ring (bicyclic) bond motifs is 5. The number of hydrogen-bond donors (Lipinski definition) is 7. The van der Waals surface area contributed by atoms with Gasteiger partial charge in [0.25, 0.3) is 17.4 Å². The number of aryl methyl sites for hydroxylation is 1. The van der Waals surface area contributed by atoms with Crippen molar-refractivity contribution in [1.82, 2.24) is 23.9 Å². The predicted octanol–water partition coefficient (Wildman–Crippen LogP) is 0.560. The molecule has 7 N–H and O–H groups in total. The van der Waals surface area contributed by atoms with Crippen molar-refractivity contribution in [3.8, 4) is 34.6 Å². The van der Waals surface area contributed by atoms with Gasteiger partial charge in [-0.1, -0.05) is 13.8 Å². The number of hydrogen-bond acceptors (Lipinski definition) is 19. The molecule has 3 amide bonds. The summed E-state index contributed by atoms with van der Waals surface area (Å²) in [4.78, 5) is 97.9. The lowest BCUT2D eigenvalue weighted by atomic mass is 9.86. The van der Waals surface area contributed by atoms with Gasteiger partial charge in [-0.3, -0.25) is 37.8 Å². The van der Waals surface area contributed by atoms with E-state index in [1.807, 2.05) is 6.92 Å². The molecule has 6 heterocycles. The third-order valence-electron chi connectivity index (χ3n) is 13.2. The van der Waals surface area contributed by atoms with E-state index in [1.165, 1.54) is 41.9 Å². The molecule has 2 aromatic carbocycles.